The molecule has 0 atom stereocenters. The molecule has 4 nitrogen and oxygen atoms in total. The highest BCUT2D eigenvalue weighted by atomic mass is 35.5. The Balaban J connectivity index is 1.64. The van der Waals surface area contributed by atoms with E-state index < -0.39 is 0 Å². The van der Waals surface area contributed by atoms with Gasteiger partial charge in [0.25, 0.3) is 0 Å². The van der Waals surface area contributed by atoms with E-state index in [-0.39, 0.29) is 0 Å². The average Bonchev–Trinajstić information content (AvgIpc) is 2.63. The molecule has 0 fully saturated rings. The lowest BCUT2D eigenvalue weighted by Crippen LogP contribution is -2.20. The molecule has 0 radical (unpaired) electrons. The van der Waals surface area contributed by atoms with Gasteiger partial charge in [0.1, 0.15) is 6.61 Å². The fourth-order valence-electron chi connectivity index (χ4n) is 2.30. The molecule has 0 spiro atoms. The summed E-state index contributed by atoms with van der Waals surface area (Å²) in [4.78, 5) is 4.31. The van der Waals surface area contributed by atoms with Gasteiger partial charge in [0.15, 0.2) is 16.7 Å². The van der Waals surface area contributed by atoms with E-state index in [9.17, 15) is 0 Å². The summed E-state index contributed by atoms with van der Waals surface area (Å²) in [5.74, 6) is 1.17. The van der Waals surface area contributed by atoms with Gasteiger partial charge in [0.05, 0.1) is 0 Å². The first-order chi connectivity index (χ1) is 12.6. The Labute approximate surface area is 163 Å². The van der Waals surface area contributed by atoms with E-state index in [1.807, 2.05) is 67.6 Å². The average molecular weight is 384 g/mol. The molecule has 0 aliphatic rings. The van der Waals surface area contributed by atoms with E-state index in [0.717, 1.165) is 11.3 Å². The van der Waals surface area contributed by atoms with Gasteiger partial charge in [0, 0.05) is 16.9 Å². The fourth-order valence-corrected chi connectivity index (χ4v) is 2.72. The van der Waals surface area contributed by atoms with Crippen molar-refractivity contribution >= 4 is 40.4 Å². The summed E-state index contributed by atoms with van der Waals surface area (Å²) in [6.45, 7) is 2.43. The lowest BCUT2D eigenvalue weighted by Gasteiger charge is -2.14. The van der Waals surface area contributed by atoms with Gasteiger partial charge in [-0.1, -0.05) is 41.4 Å². The van der Waals surface area contributed by atoms with Gasteiger partial charge in [-0.2, -0.15) is 0 Å². The van der Waals surface area contributed by atoms with Crippen LogP contribution in [-0.4, -0.2) is 10.1 Å². The van der Waals surface area contributed by atoms with Gasteiger partial charge in [0.2, 0.25) is 0 Å². The second-order valence-electron chi connectivity index (χ2n) is 5.71. The van der Waals surface area contributed by atoms with Crippen molar-refractivity contribution in [2.45, 2.75) is 13.5 Å². The van der Waals surface area contributed by atoms with Crippen LogP contribution in [0.2, 0.25) is 5.02 Å². The minimum atomic E-state index is 0.388. The number of thiocarbonyl (C=S) groups is 1. The molecule has 3 rings (SSSR count). The largest absolute Gasteiger partial charge is 0.485 e. The molecule has 6 heteroatoms. The summed E-state index contributed by atoms with van der Waals surface area (Å²) < 4.78 is 5.87. The van der Waals surface area contributed by atoms with Crippen molar-refractivity contribution in [1.82, 2.24) is 4.98 Å². The number of nitrogens with zero attached hydrogens (tertiary/aromatic N) is 1. The van der Waals surface area contributed by atoms with Crippen LogP contribution < -0.4 is 15.4 Å². The SMILES string of the molecule is Cc1ccc(NC(=S)Nc2ncccc2OCc2cccc(Cl)c2)cc1. The Morgan fingerprint density at radius 3 is 2.65 bits per heavy atom. The monoisotopic (exact) mass is 383 g/mol. The second kappa shape index (κ2) is 8.65. The molecule has 0 saturated carbocycles. The quantitative estimate of drug-likeness (QED) is 0.575. The molecular weight excluding hydrogens is 366 g/mol. The van der Waals surface area contributed by atoms with E-state index in [0.29, 0.717) is 28.3 Å². The molecule has 0 unspecified atom stereocenters. The number of hydrogen-bond acceptors (Lipinski definition) is 3. The third kappa shape index (κ3) is 5.18. The van der Waals surface area contributed by atoms with Crippen molar-refractivity contribution in [3.63, 3.8) is 0 Å². The minimum Gasteiger partial charge on any atom is -0.485 e. The summed E-state index contributed by atoms with van der Waals surface area (Å²) in [5.41, 5.74) is 3.08. The normalized spacial score (nSPS) is 10.2. The van der Waals surface area contributed by atoms with Crippen molar-refractivity contribution in [3.8, 4) is 5.75 Å². The van der Waals surface area contributed by atoms with Gasteiger partial charge in [-0.15, -0.1) is 0 Å². The predicted octanol–water partition coefficient (Wildman–Crippen LogP) is 5.43. The first-order valence-corrected chi connectivity index (χ1v) is 8.86. The van der Waals surface area contributed by atoms with Crippen molar-refractivity contribution in [1.29, 1.82) is 0 Å². The van der Waals surface area contributed by atoms with Gasteiger partial charge in [-0.05, 0) is 61.1 Å². The molecule has 0 aliphatic heterocycles. The highest BCUT2D eigenvalue weighted by Crippen LogP contribution is 2.23. The molecule has 26 heavy (non-hydrogen) atoms. The van der Waals surface area contributed by atoms with E-state index in [1.54, 1.807) is 6.20 Å². The summed E-state index contributed by atoms with van der Waals surface area (Å²) in [6, 6.07) is 19.2. The van der Waals surface area contributed by atoms with Crippen LogP contribution in [0.1, 0.15) is 11.1 Å². The molecular formula is C20H18ClN3OS. The highest BCUT2D eigenvalue weighted by molar-refractivity contribution is 7.80. The topological polar surface area (TPSA) is 46.2 Å². The van der Waals surface area contributed by atoms with Gasteiger partial charge in [-0.3, -0.25) is 0 Å². The lowest BCUT2D eigenvalue weighted by atomic mass is 10.2. The summed E-state index contributed by atoms with van der Waals surface area (Å²) in [7, 11) is 0. The molecule has 1 heterocycles. The van der Waals surface area contributed by atoms with Crippen LogP contribution >= 0.6 is 23.8 Å². The zero-order valence-corrected chi connectivity index (χ0v) is 15.8. The Morgan fingerprint density at radius 2 is 1.88 bits per heavy atom. The first kappa shape index (κ1) is 18.2. The van der Waals surface area contributed by atoms with E-state index in [4.69, 9.17) is 28.6 Å². The number of nitrogens with one attached hydrogen (secondary N) is 2. The molecule has 0 bridgehead atoms. The zero-order chi connectivity index (χ0) is 18.4. The number of benzene rings is 2. The van der Waals surface area contributed by atoms with Crippen LogP contribution in [0.4, 0.5) is 11.5 Å². The summed E-state index contributed by atoms with van der Waals surface area (Å²) in [6.07, 6.45) is 1.68. The smallest absolute Gasteiger partial charge is 0.176 e. The van der Waals surface area contributed by atoms with E-state index in [2.05, 4.69) is 15.6 Å². The van der Waals surface area contributed by atoms with Gasteiger partial charge in [-0.25, -0.2) is 4.98 Å². The Bertz CT molecular complexity index is 900. The number of aromatic nitrogens is 1. The molecule has 0 amide bonds. The Hall–Kier alpha value is -2.63. The maximum atomic E-state index is 6.01. The zero-order valence-electron chi connectivity index (χ0n) is 14.2. The summed E-state index contributed by atoms with van der Waals surface area (Å²) in [5, 5.41) is 7.34. The molecule has 0 aliphatic carbocycles. The fraction of sp³-hybridized carbons (Fsp3) is 0.100. The molecule has 0 saturated heterocycles. The maximum absolute atomic E-state index is 6.01. The second-order valence-corrected chi connectivity index (χ2v) is 6.56. The minimum absolute atomic E-state index is 0.388. The summed E-state index contributed by atoms with van der Waals surface area (Å²) >= 11 is 11.4. The third-order valence-corrected chi connectivity index (χ3v) is 4.03. The van der Waals surface area contributed by atoms with Crippen LogP contribution in [0.5, 0.6) is 5.75 Å². The van der Waals surface area contributed by atoms with E-state index >= 15 is 0 Å². The number of hydrogen-bond donors (Lipinski definition) is 2. The van der Waals surface area contributed by atoms with Crippen LogP contribution in [-0.2, 0) is 6.61 Å². The number of halogens is 1. The lowest BCUT2D eigenvalue weighted by molar-refractivity contribution is 0.307. The third-order valence-electron chi connectivity index (χ3n) is 3.60. The Kier molecular flexibility index (Phi) is 6.04. The number of rotatable bonds is 5. The predicted molar refractivity (Wildman–Crippen MR) is 111 cm³/mol. The van der Waals surface area contributed by atoms with Crippen molar-refractivity contribution < 1.29 is 4.74 Å². The van der Waals surface area contributed by atoms with Crippen LogP contribution in [0, 0.1) is 6.92 Å². The molecule has 2 N–H and O–H groups in total. The van der Waals surface area contributed by atoms with Crippen LogP contribution in [0.15, 0.2) is 66.9 Å². The Morgan fingerprint density at radius 1 is 1.08 bits per heavy atom. The van der Waals surface area contributed by atoms with Crippen LogP contribution in [0.3, 0.4) is 0 Å². The number of aryl methyl sites for hydroxylation is 1. The molecule has 2 aromatic carbocycles. The first-order valence-electron chi connectivity index (χ1n) is 8.07. The maximum Gasteiger partial charge on any atom is 0.176 e. The van der Waals surface area contributed by atoms with E-state index in [1.165, 1.54) is 5.56 Å². The van der Waals surface area contributed by atoms with Crippen molar-refractivity contribution in [2.75, 3.05) is 10.6 Å². The van der Waals surface area contributed by atoms with Crippen molar-refractivity contribution in [2.24, 2.45) is 0 Å². The van der Waals surface area contributed by atoms with Crippen molar-refractivity contribution in [3.05, 3.63) is 83.0 Å². The number of anilines is 2. The van der Waals surface area contributed by atoms with Gasteiger partial charge >= 0.3 is 0 Å². The number of ether oxygens (including phenoxy) is 1. The number of pyridine rings is 1. The van der Waals surface area contributed by atoms with Crippen LogP contribution in [0.25, 0.3) is 0 Å². The molecule has 132 valence electrons. The molecule has 3 aromatic rings. The standard InChI is InChI=1S/C20H18ClN3OS/c1-14-7-9-17(10-8-14)23-20(26)24-19-18(6-3-11-22-19)25-13-15-4-2-5-16(21)12-15/h2-12H,13H2,1H3,(H2,22,23,24,26). The molecule has 1 aromatic heterocycles. The van der Waals surface area contributed by atoms with Gasteiger partial charge < -0.3 is 15.4 Å². The highest BCUT2D eigenvalue weighted by Gasteiger charge is 2.07.